The van der Waals surface area contributed by atoms with Crippen LogP contribution in [0.3, 0.4) is 0 Å². The summed E-state index contributed by atoms with van der Waals surface area (Å²) >= 11 is 1.67. The first kappa shape index (κ1) is 18.2. The number of nitrogens with one attached hydrogen (secondary N) is 1. The minimum Gasteiger partial charge on any atom is -0.341 e. The van der Waals surface area contributed by atoms with E-state index in [4.69, 9.17) is 0 Å². The molecule has 1 N–H and O–H groups in total. The average Bonchev–Trinajstić information content (AvgIpc) is 3.06. The highest BCUT2D eigenvalue weighted by molar-refractivity contribution is 7.07. The summed E-state index contributed by atoms with van der Waals surface area (Å²) in [6, 6.07) is 2.28. The molecule has 7 heteroatoms. The van der Waals surface area contributed by atoms with E-state index in [0.717, 1.165) is 38.9 Å². The van der Waals surface area contributed by atoms with Crippen LogP contribution in [-0.4, -0.2) is 60.4 Å². The van der Waals surface area contributed by atoms with Crippen molar-refractivity contribution in [1.82, 2.24) is 15.1 Å². The Balaban J connectivity index is 0.00000192. The van der Waals surface area contributed by atoms with Crippen LogP contribution in [0.4, 0.5) is 0 Å². The van der Waals surface area contributed by atoms with Gasteiger partial charge in [0.05, 0.1) is 6.54 Å². The first-order valence-electron chi connectivity index (χ1n) is 8.03. The number of carbonyl (C=O) groups is 2. The molecular formula is C16H24ClN3O2S. The molecule has 1 aromatic heterocycles. The Bertz CT molecular complexity index is 523. The summed E-state index contributed by atoms with van der Waals surface area (Å²) in [7, 11) is 0. The lowest BCUT2D eigenvalue weighted by Gasteiger charge is -2.41. The lowest BCUT2D eigenvalue weighted by molar-refractivity contribution is -0.140. The summed E-state index contributed by atoms with van der Waals surface area (Å²) in [6.45, 7) is 3.59. The fourth-order valence-corrected chi connectivity index (χ4v) is 3.99. The maximum atomic E-state index is 12.4. The molecule has 2 fully saturated rings. The van der Waals surface area contributed by atoms with Crippen molar-refractivity contribution in [3.63, 3.8) is 0 Å². The quantitative estimate of drug-likeness (QED) is 0.889. The number of thiophene rings is 1. The van der Waals surface area contributed by atoms with E-state index in [0.29, 0.717) is 19.5 Å². The number of piperazine rings is 1. The van der Waals surface area contributed by atoms with E-state index in [1.54, 1.807) is 11.3 Å². The van der Waals surface area contributed by atoms with Gasteiger partial charge in [-0.15, -0.1) is 12.4 Å². The molecule has 0 radical (unpaired) electrons. The molecule has 2 amide bonds. The van der Waals surface area contributed by atoms with E-state index in [-0.39, 0.29) is 30.3 Å². The highest BCUT2D eigenvalue weighted by Crippen LogP contribution is 2.18. The molecule has 2 aliphatic rings. The lowest BCUT2D eigenvalue weighted by atomic mass is 10.0. The Morgan fingerprint density at radius 3 is 3.00 bits per heavy atom. The molecule has 0 aromatic carbocycles. The molecule has 23 heavy (non-hydrogen) atoms. The van der Waals surface area contributed by atoms with Gasteiger partial charge in [-0.1, -0.05) is 0 Å². The largest absolute Gasteiger partial charge is 0.341 e. The van der Waals surface area contributed by atoms with Gasteiger partial charge in [-0.2, -0.15) is 11.3 Å². The summed E-state index contributed by atoms with van der Waals surface area (Å²) in [5, 5.41) is 7.25. The van der Waals surface area contributed by atoms with Crippen LogP contribution in [0.15, 0.2) is 16.8 Å². The van der Waals surface area contributed by atoms with Crippen molar-refractivity contribution in [2.24, 2.45) is 0 Å². The number of nitrogens with zero attached hydrogens (tertiary/aromatic N) is 2. The maximum Gasteiger partial charge on any atom is 0.236 e. The molecule has 5 nitrogen and oxygen atoms in total. The van der Waals surface area contributed by atoms with Gasteiger partial charge in [0.25, 0.3) is 0 Å². The first-order valence-corrected chi connectivity index (χ1v) is 8.97. The van der Waals surface area contributed by atoms with Crippen LogP contribution in [0.1, 0.15) is 24.8 Å². The second-order valence-electron chi connectivity index (χ2n) is 6.03. The summed E-state index contributed by atoms with van der Waals surface area (Å²) < 4.78 is 0. The molecule has 3 rings (SSSR count). The third kappa shape index (κ3) is 4.68. The van der Waals surface area contributed by atoms with E-state index in [1.165, 1.54) is 5.56 Å². The van der Waals surface area contributed by atoms with Crippen molar-refractivity contribution in [3.05, 3.63) is 22.4 Å². The van der Waals surface area contributed by atoms with E-state index in [9.17, 15) is 9.59 Å². The van der Waals surface area contributed by atoms with Crippen LogP contribution in [0.5, 0.6) is 0 Å². The molecule has 1 aromatic rings. The molecule has 128 valence electrons. The van der Waals surface area contributed by atoms with E-state index in [2.05, 4.69) is 16.8 Å². The Labute approximate surface area is 147 Å². The van der Waals surface area contributed by atoms with Crippen molar-refractivity contribution >= 4 is 35.6 Å². The van der Waals surface area contributed by atoms with Gasteiger partial charge in [0.2, 0.25) is 11.8 Å². The predicted octanol–water partition coefficient (Wildman–Crippen LogP) is 1.53. The Hall–Kier alpha value is -1.11. The fraction of sp³-hybridized carbons (Fsp3) is 0.625. The molecular weight excluding hydrogens is 334 g/mol. The van der Waals surface area contributed by atoms with Gasteiger partial charge < -0.3 is 15.1 Å². The van der Waals surface area contributed by atoms with Crippen LogP contribution < -0.4 is 5.32 Å². The minimum absolute atomic E-state index is 0. The fourth-order valence-electron chi connectivity index (χ4n) is 3.29. The van der Waals surface area contributed by atoms with Gasteiger partial charge in [-0.25, -0.2) is 0 Å². The number of likely N-dealkylation sites (tertiary alicyclic amines) is 1. The number of aryl methyl sites for hydroxylation is 1. The molecule has 2 saturated heterocycles. The molecule has 1 unspecified atom stereocenters. The van der Waals surface area contributed by atoms with Crippen LogP contribution in [-0.2, 0) is 16.0 Å². The number of halogens is 1. The Kier molecular flexibility index (Phi) is 6.87. The van der Waals surface area contributed by atoms with Gasteiger partial charge >= 0.3 is 0 Å². The smallest absolute Gasteiger partial charge is 0.236 e. The lowest BCUT2D eigenvalue weighted by Crippen LogP contribution is -2.57. The topological polar surface area (TPSA) is 52.7 Å². The van der Waals surface area contributed by atoms with Gasteiger partial charge in [-0.05, 0) is 41.7 Å². The van der Waals surface area contributed by atoms with Gasteiger partial charge in [0.1, 0.15) is 0 Å². The predicted molar refractivity (Wildman–Crippen MR) is 94.1 cm³/mol. The van der Waals surface area contributed by atoms with Crippen LogP contribution in [0.2, 0.25) is 0 Å². The maximum absolute atomic E-state index is 12.4. The zero-order valence-electron chi connectivity index (χ0n) is 13.2. The van der Waals surface area contributed by atoms with Crippen molar-refractivity contribution < 1.29 is 9.59 Å². The van der Waals surface area contributed by atoms with Crippen LogP contribution in [0, 0.1) is 0 Å². The molecule has 0 spiro atoms. The number of rotatable bonds is 4. The summed E-state index contributed by atoms with van der Waals surface area (Å²) in [5.41, 5.74) is 1.24. The SMILES string of the molecule is Cl.O=C(CCc1ccsc1)N1CCCC(N2CCNCC2=O)C1. The molecule has 0 bridgehead atoms. The zero-order chi connectivity index (χ0) is 15.4. The second kappa shape index (κ2) is 8.66. The second-order valence-corrected chi connectivity index (χ2v) is 6.81. The van der Waals surface area contributed by atoms with Crippen molar-refractivity contribution in [1.29, 1.82) is 0 Å². The summed E-state index contributed by atoms with van der Waals surface area (Å²) in [4.78, 5) is 28.4. The number of piperidine rings is 1. The zero-order valence-corrected chi connectivity index (χ0v) is 14.8. The van der Waals surface area contributed by atoms with Gasteiger partial charge in [-0.3, -0.25) is 9.59 Å². The highest BCUT2D eigenvalue weighted by Gasteiger charge is 2.31. The average molecular weight is 358 g/mol. The van der Waals surface area contributed by atoms with E-state index >= 15 is 0 Å². The molecule has 1 atom stereocenters. The minimum atomic E-state index is 0. The Morgan fingerprint density at radius 2 is 2.26 bits per heavy atom. The third-order valence-electron chi connectivity index (χ3n) is 4.52. The van der Waals surface area contributed by atoms with Crippen molar-refractivity contribution in [2.75, 3.05) is 32.7 Å². The molecule has 2 aliphatic heterocycles. The van der Waals surface area contributed by atoms with E-state index < -0.39 is 0 Å². The normalized spacial score (nSPS) is 21.9. The van der Waals surface area contributed by atoms with E-state index in [1.807, 2.05) is 15.2 Å². The third-order valence-corrected chi connectivity index (χ3v) is 5.26. The molecule has 3 heterocycles. The Morgan fingerprint density at radius 1 is 1.39 bits per heavy atom. The monoisotopic (exact) mass is 357 g/mol. The summed E-state index contributed by atoms with van der Waals surface area (Å²) in [5.74, 6) is 0.391. The molecule has 0 aliphatic carbocycles. The van der Waals surface area contributed by atoms with Crippen LogP contribution in [0.25, 0.3) is 0 Å². The van der Waals surface area contributed by atoms with Crippen molar-refractivity contribution in [3.8, 4) is 0 Å². The number of hydrogen-bond donors (Lipinski definition) is 1. The standard InChI is InChI=1S/C16H23N3O2S.ClH/c20-15(4-3-13-5-9-22-12-13)18-7-1-2-14(11-18)19-8-6-17-10-16(19)21;/h5,9,12,14,17H,1-4,6-8,10-11H2;1H. The molecule has 0 saturated carbocycles. The first-order chi connectivity index (χ1) is 10.7. The highest BCUT2D eigenvalue weighted by atomic mass is 35.5. The number of amides is 2. The van der Waals surface area contributed by atoms with Gasteiger partial charge in [0.15, 0.2) is 0 Å². The summed E-state index contributed by atoms with van der Waals surface area (Å²) in [6.07, 6.45) is 3.39. The van der Waals surface area contributed by atoms with Crippen molar-refractivity contribution in [2.45, 2.75) is 31.7 Å². The van der Waals surface area contributed by atoms with Gasteiger partial charge in [0, 0.05) is 38.6 Å². The van der Waals surface area contributed by atoms with Crippen LogP contribution >= 0.6 is 23.7 Å². The number of hydrogen-bond acceptors (Lipinski definition) is 4. The number of carbonyl (C=O) groups excluding carboxylic acids is 2.